The van der Waals surface area contributed by atoms with E-state index in [1.165, 1.54) is 11.8 Å². The van der Waals surface area contributed by atoms with Gasteiger partial charge in [-0.3, -0.25) is 4.79 Å². The molecule has 62 valence electrons. The zero-order valence-electron chi connectivity index (χ0n) is 7.16. The molecule has 0 aliphatic carbocycles. The zero-order valence-corrected chi connectivity index (χ0v) is 7.16. The van der Waals surface area contributed by atoms with Crippen LogP contribution in [0.1, 0.15) is 20.3 Å². The van der Waals surface area contributed by atoms with Gasteiger partial charge < -0.3 is 10.4 Å². The van der Waals surface area contributed by atoms with Crippen molar-refractivity contribution in [1.29, 1.82) is 0 Å². The molecule has 0 N–H and O–H groups in total. The highest BCUT2D eigenvalue weighted by molar-refractivity contribution is 6.35. The van der Waals surface area contributed by atoms with Crippen LogP contribution >= 0.6 is 0 Å². The monoisotopic (exact) mass is 155 g/mol. The molecule has 0 unspecified atom stereocenters. The molecule has 0 spiro atoms. The van der Waals surface area contributed by atoms with Crippen molar-refractivity contribution in [3.63, 3.8) is 0 Å². The largest absolute Gasteiger partial charge is 0.361 e. The first kappa shape index (κ1) is 9.85. The molecule has 0 aromatic rings. The summed E-state index contributed by atoms with van der Waals surface area (Å²) in [6.07, 6.45) is 0.904. The van der Waals surface area contributed by atoms with E-state index in [1.54, 1.807) is 7.05 Å². The molecule has 0 aromatic heterocycles. The molecule has 0 aromatic carbocycles. The average molecular weight is 155 g/mol. The predicted octanol–water partition coefficient (Wildman–Crippen LogP) is 0.545. The molecule has 0 saturated heterocycles. The van der Waals surface area contributed by atoms with Crippen LogP contribution in [0.5, 0.6) is 0 Å². The molecular weight excluding hydrogens is 142 g/mol. The first-order valence-corrected chi connectivity index (χ1v) is 3.57. The lowest BCUT2D eigenvalue weighted by Crippen LogP contribution is -2.32. The molecule has 1 amide bonds. The molecule has 0 saturated carbocycles. The minimum atomic E-state index is -0.227. The van der Waals surface area contributed by atoms with Crippen LogP contribution in [0.25, 0.3) is 5.53 Å². The third-order valence-electron chi connectivity index (χ3n) is 1.37. The van der Waals surface area contributed by atoms with Crippen molar-refractivity contribution in [3.05, 3.63) is 5.53 Å². The Bertz CT molecular complexity index is 194. The number of hydrogen-bond acceptors (Lipinski definition) is 1. The summed E-state index contributed by atoms with van der Waals surface area (Å²) in [6.45, 7) is 4.15. The lowest BCUT2D eigenvalue weighted by molar-refractivity contribution is -0.127. The average Bonchev–Trinajstić information content (AvgIpc) is 2.02. The lowest BCUT2D eigenvalue weighted by Gasteiger charge is -2.11. The van der Waals surface area contributed by atoms with Gasteiger partial charge in [0.2, 0.25) is 0 Å². The fraction of sp³-hybridized carbons (Fsp3) is 0.714. The maximum atomic E-state index is 11.1. The third-order valence-corrected chi connectivity index (χ3v) is 1.37. The molecule has 0 bridgehead atoms. The SMILES string of the molecule is CCCN(C)C(=O)C(C)=[N+]=[N-]. The second kappa shape index (κ2) is 4.63. The maximum Gasteiger partial charge on any atom is 0.352 e. The van der Waals surface area contributed by atoms with Crippen LogP contribution in [0.3, 0.4) is 0 Å². The fourth-order valence-electron chi connectivity index (χ4n) is 0.756. The Kier molecular flexibility index (Phi) is 4.15. The highest BCUT2D eigenvalue weighted by Crippen LogP contribution is 1.88. The van der Waals surface area contributed by atoms with Gasteiger partial charge in [0, 0.05) is 20.5 Å². The fourth-order valence-corrected chi connectivity index (χ4v) is 0.756. The van der Waals surface area contributed by atoms with E-state index in [-0.39, 0.29) is 11.6 Å². The van der Waals surface area contributed by atoms with E-state index in [2.05, 4.69) is 4.79 Å². The molecular formula is C7H13N3O. The van der Waals surface area contributed by atoms with Gasteiger partial charge in [0.05, 0.1) is 0 Å². The first-order chi connectivity index (χ1) is 5.13. The van der Waals surface area contributed by atoms with Crippen molar-refractivity contribution in [2.24, 2.45) is 0 Å². The summed E-state index contributed by atoms with van der Waals surface area (Å²) in [7, 11) is 1.68. The summed E-state index contributed by atoms with van der Waals surface area (Å²) in [4.78, 5) is 15.4. The van der Waals surface area contributed by atoms with Gasteiger partial charge in [0.15, 0.2) is 0 Å². The van der Waals surface area contributed by atoms with Gasteiger partial charge in [-0.1, -0.05) is 6.92 Å². The molecule has 11 heavy (non-hydrogen) atoms. The standard InChI is InChI=1S/C7H13N3O/c1-4-5-10(3)7(11)6(2)9-8/h4-5H2,1-3H3. The van der Waals surface area contributed by atoms with Crippen molar-refractivity contribution < 1.29 is 9.58 Å². The Hall–Kier alpha value is -1.15. The Morgan fingerprint density at radius 1 is 1.64 bits per heavy atom. The van der Waals surface area contributed by atoms with Crippen molar-refractivity contribution >= 4 is 11.6 Å². The van der Waals surface area contributed by atoms with Crippen LogP contribution in [0, 0.1) is 0 Å². The van der Waals surface area contributed by atoms with Gasteiger partial charge in [-0.25, -0.2) is 0 Å². The van der Waals surface area contributed by atoms with E-state index in [1.807, 2.05) is 6.92 Å². The predicted molar refractivity (Wildman–Crippen MR) is 42.2 cm³/mol. The normalized spacial score (nSPS) is 8.64. The van der Waals surface area contributed by atoms with E-state index in [4.69, 9.17) is 5.53 Å². The van der Waals surface area contributed by atoms with Gasteiger partial charge in [-0.05, 0) is 6.42 Å². The van der Waals surface area contributed by atoms with Crippen LogP contribution in [0.4, 0.5) is 0 Å². The second-order valence-corrected chi connectivity index (χ2v) is 2.41. The van der Waals surface area contributed by atoms with Crippen molar-refractivity contribution in [3.8, 4) is 0 Å². The van der Waals surface area contributed by atoms with Crippen LogP contribution in [-0.2, 0) is 4.79 Å². The Balaban J connectivity index is 4.13. The summed E-state index contributed by atoms with van der Waals surface area (Å²) in [5.74, 6) is -0.227. The van der Waals surface area contributed by atoms with Crippen molar-refractivity contribution in [2.45, 2.75) is 20.3 Å². The Labute approximate surface area is 66.4 Å². The van der Waals surface area contributed by atoms with Crippen LogP contribution in [0.15, 0.2) is 0 Å². The topological polar surface area (TPSA) is 56.7 Å². The summed E-state index contributed by atoms with van der Waals surface area (Å²) in [6, 6.07) is 0. The highest BCUT2D eigenvalue weighted by atomic mass is 16.2. The molecule has 0 aliphatic rings. The van der Waals surface area contributed by atoms with Crippen LogP contribution < -0.4 is 0 Å². The summed E-state index contributed by atoms with van der Waals surface area (Å²) in [5, 5.41) is 0. The number of nitrogens with zero attached hydrogens (tertiary/aromatic N) is 3. The third kappa shape index (κ3) is 2.96. The first-order valence-electron chi connectivity index (χ1n) is 3.57. The summed E-state index contributed by atoms with van der Waals surface area (Å²) < 4.78 is 0. The summed E-state index contributed by atoms with van der Waals surface area (Å²) >= 11 is 0. The van der Waals surface area contributed by atoms with Gasteiger partial charge in [-0.15, -0.1) is 0 Å². The molecule has 0 aliphatic heterocycles. The molecule has 4 nitrogen and oxygen atoms in total. The molecule has 0 atom stereocenters. The molecule has 0 fully saturated rings. The minimum Gasteiger partial charge on any atom is -0.361 e. The van der Waals surface area contributed by atoms with Gasteiger partial charge in [0.1, 0.15) is 0 Å². The number of carbonyl (C=O) groups is 1. The number of amides is 1. The minimum absolute atomic E-state index is 0.126. The quantitative estimate of drug-likeness (QED) is 0.333. The number of rotatable bonds is 3. The molecule has 4 heteroatoms. The van der Waals surface area contributed by atoms with E-state index in [0.29, 0.717) is 6.54 Å². The van der Waals surface area contributed by atoms with Gasteiger partial charge >= 0.3 is 11.6 Å². The van der Waals surface area contributed by atoms with E-state index in [9.17, 15) is 4.79 Å². The molecule has 0 rings (SSSR count). The maximum absolute atomic E-state index is 11.1. The Morgan fingerprint density at radius 2 is 2.18 bits per heavy atom. The van der Waals surface area contributed by atoms with E-state index < -0.39 is 0 Å². The molecule has 0 radical (unpaired) electrons. The summed E-state index contributed by atoms with van der Waals surface area (Å²) in [5.41, 5.74) is 8.39. The zero-order chi connectivity index (χ0) is 8.85. The van der Waals surface area contributed by atoms with Crippen molar-refractivity contribution in [1.82, 2.24) is 4.90 Å². The van der Waals surface area contributed by atoms with Gasteiger partial charge in [-0.2, -0.15) is 4.79 Å². The van der Waals surface area contributed by atoms with E-state index >= 15 is 0 Å². The van der Waals surface area contributed by atoms with E-state index in [0.717, 1.165) is 6.42 Å². The van der Waals surface area contributed by atoms with Gasteiger partial charge in [0.25, 0.3) is 0 Å². The Morgan fingerprint density at radius 3 is 2.55 bits per heavy atom. The number of carbonyl (C=O) groups excluding carboxylic acids is 1. The smallest absolute Gasteiger partial charge is 0.352 e. The van der Waals surface area contributed by atoms with Crippen LogP contribution in [-0.4, -0.2) is 34.9 Å². The number of hydrogen-bond donors (Lipinski definition) is 0. The molecule has 0 heterocycles. The van der Waals surface area contributed by atoms with Crippen molar-refractivity contribution in [2.75, 3.05) is 13.6 Å². The van der Waals surface area contributed by atoms with Crippen LogP contribution in [0.2, 0.25) is 0 Å². The lowest BCUT2D eigenvalue weighted by atomic mass is 10.3. The highest BCUT2D eigenvalue weighted by Gasteiger charge is 2.17. The second-order valence-electron chi connectivity index (χ2n) is 2.41.